The van der Waals surface area contributed by atoms with Crippen LogP contribution in [0.5, 0.6) is 0 Å². The van der Waals surface area contributed by atoms with Gasteiger partial charge >= 0.3 is 0 Å². The van der Waals surface area contributed by atoms with Crippen LogP contribution in [0.2, 0.25) is 0 Å². The summed E-state index contributed by atoms with van der Waals surface area (Å²) in [6.07, 6.45) is 10.6. The average Bonchev–Trinajstić information content (AvgIpc) is 2.54. The van der Waals surface area contributed by atoms with Gasteiger partial charge in [0.05, 0.1) is 12.4 Å². The largest absolute Gasteiger partial charge is 0.372 e. The van der Waals surface area contributed by atoms with Crippen LogP contribution in [0.25, 0.3) is 0 Å². The highest BCUT2D eigenvalue weighted by Crippen LogP contribution is 2.35. The van der Waals surface area contributed by atoms with E-state index in [4.69, 9.17) is 0 Å². The molecule has 2 atom stereocenters. The van der Waals surface area contributed by atoms with Gasteiger partial charge in [-0.2, -0.15) is 0 Å². The van der Waals surface area contributed by atoms with Crippen molar-refractivity contribution in [3.63, 3.8) is 0 Å². The van der Waals surface area contributed by atoms with Gasteiger partial charge in [-0.3, -0.25) is 4.79 Å². The highest BCUT2D eigenvalue weighted by Gasteiger charge is 2.36. The lowest BCUT2D eigenvalue weighted by Gasteiger charge is -2.43. The van der Waals surface area contributed by atoms with Gasteiger partial charge in [0, 0.05) is 19.6 Å². The minimum Gasteiger partial charge on any atom is -0.372 e. The Kier molecular flexibility index (Phi) is 3.85. The summed E-state index contributed by atoms with van der Waals surface area (Å²) < 4.78 is 0. The Morgan fingerprint density at radius 1 is 1.20 bits per heavy atom. The monoisotopic (exact) mass is 274 g/mol. The van der Waals surface area contributed by atoms with Crippen molar-refractivity contribution in [1.29, 1.82) is 0 Å². The second-order valence-corrected chi connectivity index (χ2v) is 5.79. The summed E-state index contributed by atoms with van der Waals surface area (Å²) in [5.74, 6) is 1.44. The molecule has 1 aliphatic heterocycles. The number of rotatable bonds is 2. The SMILES string of the molecule is CNc1cnc(C(=O)N2CCC[C@H]3CCCC[C@H]32)cn1. The van der Waals surface area contributed by atoms with Crippen molar-refractivity contribution in [2.45, 2.75) is 44.6 Å². The van der Waals surface area contributed by atoms with Crippen LogP contribution in [0.4, 0.5) is 5.82 Å². The number of nitrogens with zero attached hydrogens (tertiary/aromatic N) is 3. The maximum absolute atomic E-state index is 12.7. The van der Waals surface area contributed by atoms with Gasteiger partial charge in [-0.05, 0) is 31.6 Å². The van der Waals surface area contributed by atoms with Gasteiger partial charge < -0.3 is 10.2 Å². The van der Waals surface area contributed by atoms with E-state index < -0.39 is 0 Å². The van der Waals surface area contributed by atoms with Gasteiger partial charge in [0.25, 0.3) is 5.91 Å². The molecule has 5 nitrogen and oxygen atoms in total. The molecule has 0 unspecified atom stereocenters. The molecule has 1 aromatic heterocycles. The summed E-state index contributed by atoms with van der Waals surface area (Å²) in [6, 6.07) is 0.427. The van der Waals surface area contributed by atoms with Crippen LogP contribution >= 0.6 is 0 Å². The van der Waals surface area contributed by atoms with Gasteiger partial charge in [0.2, 0.25) is 0 Å². The zero-order chi connectivity index (χ0) is 13.9. The molecule has 1 saturated carbocycles. The van der Waals surface area contributed by atoms with Crippen molar-refractivity contribution < 1.29 is 4.79 Å². The molecule has 3 rings (SSSR count). The molecule has 5 heteroatoms. The molecule has 20 heavy (non-hydrogen) atoms. The van der Waals surface area contributed by atoms with Crippen LogP contribution in [0.15, 0.2) is 12.4 Å². The van der Waals surface area contributed by atoms with E-state index >= 15 is 0 Å². The van der Waals surface area contributed by atoms with E-state index in [1.54, 1.807) is 19.4 Å². The molecule has 1 aliphatic carbocycles. The van der Waals surface area contributed by atoms with Crippen LogP contribution in [-0.2, 0) is 0 Å². The molecule has 0 aromatic carbocycles. The third kappa shape index (κ3) is 2.49. The Labute approximate surface area is 119 Å². The zero-order valence-corrected chi connectivity index (χ0v) is 12.0. The molecule has 1 amide bonds. The second-order valence-electron chi connectivity index (χ2n) is 5.79. The molecule has 0 radical (unpaired) electrons. The molecule has 1 N–H and O–H groups in total. The number of piperidine rings is 1. The highest BCUT2D eigenvalue weighted by molar-refractivity contribution is 5.92. The van der Waals surface area contributed by atoms with Crippen molar-refractivity contribution in [1.82, 2.24) is 14.9 Å². The van der Waals surface area contributed by atoms with E-state index in [-0.39, 0.29) is 5.91 Å². The van der Waals surface area contributed by atoms with Crippen LogP contribution < -0.4 is 5.32 Å². The Bertz CT molecular complexity index is 471. The average molecular weight is 274 g/mol. The van der Waals surface area contributed by atoms with Gasteiger partial charge in [0.1, 0.15) is 11.5 Å². The standard InChI is InChI=1S/C15H22N4O/c1-16-14-10-17-12(9-18-14)15(20)19-8-4-6-11-5-2-3-7-13(11)19/h9-11,13H,2-8H2,1H3,(H,16,18)/t11-,13-/m1/s1. The van der Waals surface area contributed by atoms with Crippen molar-refractivity contribution in [3.8, 4) is 0 Å². The summed E-state index contributed by atoms with van der Waals surface area (Å²) in [6.45, 7) is 0.870. The number of carbonyl (C=O) groups excluding carboxylic acids is 1. The number of nitrogens with one attached hydrogen (secondary N) is 1. The summed E-state index contributed by atoms with van der Waals surface area (Å²) in [4.78, 5) is 23.2. The third-order valence-corrected chi connectivity index (χ3v) is 4.63. The lowest BCUT2D eigenvalue weighted by molar-refractivity contribution is 0.0385. The van der Waals surface area contributed by atoms with Crippen molar-refractivity contribution in [2.75, 3.05) is 18.9 Å². The predicted octanol–water partition coefficient (Wildman–Crippen LogP) is 2.31. The first-order valence-corrected chi connectivity index (χ1v) is 7.60. The first-order chi connectivity index (χ1) is 9.79. The zero-order valence-electron chi connectivity index (χ0n) is 12.0. The number of aromatic nitrogens is 2. The maximum atomic E-state index is 12.7. The predicted molar refractivity (Wildman–Crippen MR) is 77.6 cm³/mol. The van der Waals surface area contributed by atoms with Crippen LogP contribution in [0.1, 0.15) is 49.0 Å². The quantitative estimate of drug-likeness (QED) is 0.899. The number of hydrogen-bond acceptors (Lipinski definition) is 4. The molecule has 2 heterocycles. The fourth-order valence-corrected chi connectivity index (χ4v) is 3.59. The number of hydrogen-bond donors (Lipinski definition) is 1. The topological polar surface area (TPSA) is 58.1 Å². The van der Waals surface area contributed by atoms with Crippen LogP contribution in [-0.4, -0.2) is 40.4 Å². The molecule has 0 bridgehead atoms. The Morgan fingerprint density at radius 2 is 2.00 bits per heavy atom. The van der Waals surface area contributed by atoms with Crippen molar-refractivity contribution in [3.05, 3.63) is 18.1 Å². The van der Waals surface area contributed by atoms with E-state index in [0.29, 0.717) is 23.5 Å². The number of amides is 1. The molecule has 2 aliphatic rings. The van der Waals surface area contributed by atoms with Gasteiger partial charge in [-0.15, -0.1) is 0 Å². The summed E-state index contributed by atoms with van der Waals surface area (Å²) >= 11 is 0. The highest BCUT2D eigenvalue weighted by atomic mass is 16.2. The van der Waals surface area contributed by atoms with Crippen LogP contribution in [0, 0.1) is 5.92 Å². The van der Waals surface area contributed by atoms with E-state index in [1.807, 2.05) is 0 Å². The molecular weight excluding hydrogens is 252 g/mol. The van der Waals surface area contributed by atoms with Crippen LogP contribution in [0.3, 0.4) is 0 Å². The first-order valence-electron chi connectivity index (χ1n) is 7.60. The Morgan fingerprint density at radius 3 is 2.75 bits per heavy atom. The Balaban J connectivity index is 1.77. The number of fused-ring (bicyclic) bond motifs is 1. The van der Waals surface area contributed by atoms with E-state index in [2.05, 4.69) is 20.2 Å². The smallest absolute Gasteiger partial charge is 0.274 e. The molecule has 0 spiro atoms. The van der Waals surface area contributed by atoms with Gasteiger partial charge in [-0.1, -0.05) is 12.8 Å². The normalized spacial score (nSPS) is 25.9. The number of anilines is 1. The Hall–Kier alpha value is -1.65. The maximum Gasteiger partial charge on any atom is 0.274 e. The minimum atomic E-state index is 0.0525. The van der Waals surface area contributed by atoms with E-state index in [9.17, 15) is 4.79 Å². The fourth-order valence-electron chi connectivity index (χ4n) is 3.59. The second kappa shape index (κ2) is 5.77. The van der Waals surface area contributed by atoms with E-state index in [0.717, 1.165) is 19.4 Å². The van der Waals surface area contributed by atoms with Gasteiger partial charge in [0.15, 0.2) is 0 Å². The summed E-state index contributed by atoms with van der Waals surface area (Å²) in [5, 5.41) is 2.92. The molecule has 1 saturated heterocycles. The third-order valence-electron chi connectivity index (χ3n) is 4.63. The first kappa shape index (κ1) is 13.3. The number of likely N-dealkylation sites (tertiary alicyclic amines) is 1. The lowest BCUT2D eigenvalue weighted by atomic mass is 9.78. The summed E-state index contributed by atoms with van der Waals surface area (Å²) in [7, 11) is 1.79. The van der Waals surface area contributed by atoms with Crippen molar-refractivity contribution in [2.24, 2.45) is 5.92 Å². The van der Waals surface area contributed by atoms with Crippen molar-refractivity contribution >= 4 is 11.7 Å². The summed E-state index contributed by atoms with van der Waals surface area (Å²) in [5.41, 5.74) is 0.468. The number of carbonyl (C=O) groups is 1. The van der Waals surface area contributed by atoms with Gasteiger partial charge in [-0.25, -0.2) is 9.97 Å². The minimum absolute atomic E-state index is 0.0525. The van der Waals surface area contributed by atoms with E-state index in [1.165, 1.54) is 25.7 Å². The lowest BCUT2D eigenvalue weighted by Crippen LogP contribution is -2.49. The molecule has 108 valence electrons. The fraction of sp³-hybridized carbons (Fsp3) is 0.667. The molecule has 1 aromatic rings. The molecule has 2 fully saturated rings. The molecular formula is C15H22N4O.